The number of anilines is 1. The number of amides is 1. The van der Waals surface area contributed by atoms with Crippen LogP contribution in [0.1, 0.15) is 10.4 Å². The smallest absolute Gasteiger partial charge is 0.253 e. The predicted octanol–water partition coefficient (Wildman–Crippen LogP) is 5.37. The summed E-state index contributed by atoms with van der Waals surface area (Å²) in [5.74, 6) is 1.83. The van der Waals surface area contributed by atoms with Crippen LogP contribution in [0.4, 0.5) is 5.82 Å². The van der Waals surface area contributed by atoms with Gasteiger partial charge in [0.2, 0.25) is 0 Å². The standard InChI is InChI=1S/C27H23N5O2/c1-32(2)27(33)19-8-6-7-18(15-19)24-25-23(26(28)31-30-25)22(16-29-24)17-11-13-21(14-12-17)34-20-9-4-3-5-10-20/h3-16H,1-2H3,(H3,28,30,31). The minimum atomic E-state index is -0.0725. The molecule has 0 radical (unpaired) electrons. The Hall–Kier alpha value is -4.65. The number of benzene rings is 3. The molecule has 0 spiro atoms. The number of para-hydroxylation sites is 1. The van der Waals surface area contributed by atoms with E-state index in [9.17, 15) is 4.79 Å². The average molecular weight is 450 g/mol. The first-order valence-corrected chi connectivity index (χ1v) is 10.8. The van der Waals surface area contributed by atoms with Crippen molar-refractivity contribution in [1.82, 2.24) is 20.1 Å². The molecule has 7 nitrogen and oxygen atoms in total. The second kappa shape index (κ2) is 8.71. The Morgan fingerprint density at radius 2 is 1.65 bits per heavy atom. The highest BCUT2D eigenvalue weighted by atomic mass is 16.5. The lowest BCUT2D eigenvalue weighted by Crippen LogP contribution is -2.21. The Bertz CT molecular complexity index is 1470. The van der Waals surface area contributed by atoms with Crippen molar-refractivity contribution in [3.8, 4) is 33.9 Å². The van der Waals surface area contributed by atoms with Crippen molar-refractivity contribution >= 4 is 22.6 Å². The molecule has 0 atom stereocenters. The molecule has 7 heteroatoms. The van der Waals surface area contributed by atoms with Gasteiger partial charge in [0.15, 0.2) is 5.82 Å². The van der Waals surface area contributed by atoms with Crippen molar-refractivity contribution in [3.05, 3.63) is 90.6 Å². The summed E-state index contributed by atoms with van der Waals surface area (Å²) in [6.45, 7) is 0. The van der Waals surface area contributed by atoms with Crippen LogP contribution in [-0.2, 0) is 0 Å². The highest BCUT2D eigenvalue weighted by Gasteiger charge is 2.17. The lowest BCUT2D eigenvalue weighted by Gasteiger charge is -2.12. The number of carbonyl (C=O) groups excluding carboxylic acids is 1. The maximum absolute atomic E-state index is 12.4. The quantitative estimate of drug-likeness (QED) is 0.376. The normalized spacial score (nSPS) is 10.9. The molecule has 2 heterocycles. The fourth-order valence-corrected chi connectivity index (χ4v) is 3.88. The zero-order valence-electron chi connectivity index (χ0n) is 18.8. The summed E-state index contributed by atoms with van der Waals surface area (Å²) >= 11 is 0. The van der Waals surface area contributed by atoms with Crippen LogP contribution in [0.3, 0.4) is 0 Å². The number of carbonyl (C=O) groups is 1. The summed E-state index contributed by atoms with van der Waals surface area (Å²) in [7, 11) is 3.46. The number of hydrogen-bond acceptors (Lipinski definition) is 5. The van der Waals surface area contributed by atoms with Gasteiger partial charge in [0.25, 0.3) is 5.91 Å². The fourth-order valence-electron chi connectivity index (χ4n) is 3.88. The lowest BCUT2D eigenvalue weighted by atomic mass is 10.00. The molecule has 0 saturated heterocycles. The molecule has 1 amide bonds. The third kappa shape index (κ3) is 3.95. The number of nitrogens with zero attached hydrogens (tertiary/aromatic N) is 3. The van der Waals surface area contributed by atoms with Crippen molar-refractivity contribution in [1.29, 1.82) is 0 Å². The van der Waals surface area contributed by atoms with Crippen molar-refractivity contribution in [2.24, 2.45) is 0 Å². The van der Waals surface area contributed by atoms with Gasteiger partial charge in [-0.2, -0.15) is 5.10 Å². The van der Waals surface area contributed by atoms with E-state index in [0.29, 0.717) is 22.6 Å². The second-order valence-electron chi connectivity index (χ2n) is 8.10. The van der Waals surface area contributed by atoms with Crippen LogP contribution in [0.15, 0.2) is 85.1 Å². The predicted molar refractivity (Wildman–Crippen MR) is 134 cm³/mol. The van der Waals surface area contributed by atoms with Gasteiger partial charge >= 0.3 is 0 Å². The molecule has 0 unspecified atom stereocenters. The minimum absolute atomic E-state index is 0.0725. The maximum Gasteiger partial charge on any atom is 0.253 e. The Morgan fingerprint density at radius 3 is 2.38 bits per heavy atom. The van der Waals surface area contributed by atoms with E-state index in [-0.39, 0.29) is 5.91 Å². The van der Waals surface area contributed by atoms with Crippen LogP contribution in [0, 0.1) is 0 Å². The van der Waals surface area contributed by atoms with Gasteiger partial charge in [0, 0.05) is 37.0 Å². The number of nitrogens with one attached hydrogen (secondary N) is 1. The van der Waals surface area contributed by atoms with Crippen molar-refractivity contribution in [2.75, 3.05) is 19.8 Å². The van der Waals surface area contributed by atoms with Gasteiger partial charge in [-0.3, -0.25) is 14.9 Å². The Balaban J connectivity index is 1.53. The molecular weight excluding hydrogens is 426 g/mol. The van der Waals surface area contributed by atoms with Crippen LogP contribution in [0.25, 0.3) is 33.3 Å². The number of nitrogens with two attached hydrogens (primary N) is 1. The van der Waals surface area contributed by atoms with Crippen molar-refractivity contribution in [2.45, 2.75) is 0 Å². The molecule has 3 N–H and O–H groups in total. The number of fused-ring (bicyclic) bond motifs is 1. The van der Waals surface area contributed by atoms with Gasteiger partial charge in [-0.25, -0.2) is 0 Å². The molecule has 0 saturated carbocycles. The number of ether oxygens (including phenoxy) is 1. The van der Waals surface area contributed by atoms with E-state index in [1.807, 2.05) is 72.8 Å². The Labute approximate surface area is 196 Å². The number of hydrogen-bond donors (Lipinski definition) is 2. The third-order valence-corrected chi connectivity index (χ3v) is 5.56. The largest absolute Gasteiger partial charge is 0.457 e. The summed E-state index contributed by atoms with van der Waals surface area (Å²) in [6.07, 6.45) is 1.79. The van der Waals surface area contributed by atoms with E-state index in [0.717, 1.165) is 33.6 Å². The monoisotopic (exact) mass is 449 g/mol. The molecule has 34 heavy (non-hydrogen) atoms. The van der Waals surface area contributed by atoms with Crippen LogP contribution in [0.2, 0.25) is 0 Å². The number of rotatable bonds is 5. The fraction of sp³-hybridized carbons (Fsp3) is 0.0741. The van der Waals surface area contributed by atoms with Crippen LogP contribution in [-0.4, -0.2) is 40.1 Å². The van der Waals surface area contributed by atoms with E-state index in [1.165, 1.54) is 0 Å². The summed E-state index contributed by atoms with van der Waals surface area (Å²) < 4.78 is 5.90. The third-order valence-electron chi connectivity index (χ3n) is 5.56. The van der Waals surface area contributed by atoms with Crippen molar-refractivity contribution < 1.29 is 9.53 Å². The number of aromatic amines is 1. The van der Waals surface area contributed by atoms with E-state index in [1.54, 1.807) is 31.3 Å². The zero-order valence-corrected chi connectivity index (χ0v) is 18.8. The Kier molecular flexibility index (Phi) is 5.43. The molecule has 0 fully saturated rings. The summed E-state index contributed by atoms with van der Waals surface area (Å²) in [5.41, 5.74) is 10.8. The molecule has 0 aliphatic carbocycles. The van der Waals surface area contributed by atoms with Gasteiger partial charge in [-0.05, 0) is 42.0 Å². The maximum atomic E-state index is 12.4. The minimum Gasteiger partial charge on any atom is -0.457 e. The molecule has 2 aromatic heterocycles. The van der Waals surface area contributed by atoms with Crippen LogP contribution < -0.4 is 10.5 Å². The van der Waals surface area contributed by atoms with Gasteiger partial charge in [-0.15, -0.1) is 0 Å². The van der Waals surface area contributed by atoms with E-state index in [2.05, 4.69) is 10.2 Å². The second-order valence-corrected chi connectivity index (χ2v) is 8.10. The summed E-state index contributed by atoms with van der Waals surface area (Å²) in [6, 6.07) is 24.8. The molecule has 0 aliphatic heterocycles. The molecule has 5 rings (SSSR count). The molecular formula is C27H23N5O2. The molecule has 0 aliphatic rings. The van der Waals surface area contributed by atoms with Crippen LogP contribution in [0.5, 0.6) is 11.5 Å². The van der Waals surface area contributed by atoms with E-state index in [4.69, 9.17) is 15.5 Å². The van der Waals surface area contributed by atoms with E-state index >= 15 is 0 Å². The van der Waals surface area contributed by atoms with Gasteiger partial charge in [0.1, 0.15) is 11.5 Å². The van der Waals surface area contributed by atoms with Gasteiger partial charge in [0.05, 0.1) is 16.6 Å². The van der Waals surface area contributed by atoms with Crippen molar-refractivity contribution in [3.63, 3.8) is 0 Å². The SMILES string of the molecule is CN(C)C(=O)c1cccc(-c2ncc(-c3ccc(Oc4ccccc4)cc3)c3c(N)n[nH]c23)c1. The first kappa shape index (κ1) is 21.2. The number of H-pyrrole nitrogens is 1. The lowest BCUT2D eigenvalue weighted by molar-refractivity contribution is 0.0827. The van der Waals surface area contributed by atoms with E-state index < -0.39 is 0 Å². The highest BCUT2D eigenvalue weighted by molar-refractivity contribution is 6.07. The summed E-state index contributed by atoms with van der Waals surface area (Å²) in [5, 5.41) is 8.05. The number of nitrogen functional groups attached to an aromatic ring is 1. The molecule has 5 aromatic rings. The summed E-state index contributed by atoms with van der Waals surface area (Å²) in [4.78, 5) is 18.7. The highest BCUT2D eigenvalue weighted by Crippen LogP contribution is 2.36. The molecule has 3 aromatic carbocycles. The first-order chi connectivity index (χ1) is 16.5. The number of aromatic nitrogens is 3. The molecule has 168 valence electrons. The topological polar surface area (TPSA) is 97.1 Å². The average Bonchev–Trinajstić information content (AvgIpc) is 3.26. The van der Waals surface area contributed by atoms with Gasteiger partial charge < -0.3 is 15.4 Å². The number of pyridine rings is 1. The zero-order chi connectivity index (χ0) is 23.7. The molecule has 0 bridgehead atoms. The first-order valence-electron chi connectivity index (χ1n) is 10.8. The Morgan fingerprint density at radius 1 is 0.912 bits per heavy atom. The van der Waals surface area contributed by atoms with Crippen LogP contribution >= 0.6 is 0 Å². The van der Waals surface area contributed by atoms with Gasteiger partial charge in [-0.1, -0.05) is 42.5 Å².